The number of carboxylic acids is 1. The van der Waals surface area contributed by atoms with E-state index in [0.29, 0.717) is 18.2 Å². The number of hydrogen-bond acceptors (Lipinski definition) is 2. The van der Waals surface area contributed by atoms with Crippen molar-refractivity contribution < 1.29 is 14.3 Å². The Bertz CT molecular complexity index is 469. The molecule has 0 unspecified atom stereocenters. The normalized spacial score (nSPS) is 11.7. The van der Waals surface area contributed by atoms with E-state index in [1.807, 2.05) is 0 Å². The lowest BCUT2D eigenvalue weighted by atomic mass is 10.1. The number of halogens is 1. The van der Waals surface area contributed by atoms with Crippen LogP contribution in [-0.4, -0.2) is 28.6 Å². The van der Waals surface area contributed by atoms with Crippen LogP contribution in [0.4, 0.5) is 4.39 Å². The monoisotopic (exact) mass is 265 g/mol. The van der Waals surface area contributed by atoms with E-state index >= 15 is 0 Å². The number of nitrogens with zero attached hydrogens (tertiary/aromatic N) is 1. The van der Waals surface area contributed by atoms with Gasteiger partial charge in [0.2, 0.25) is 0 Å². The third-order valence-electron chi connectivity index (χ3n) is 3.02. The molecule has 0 fully saturated rings. The van der Waals surface area contributed by atoms with E-state index < -0.39 is 5.97 Å². The Kier molecular flexibility index (Phi) is 5.70. The van der Waals surface area contributed by atoms with Crippen LogP contribution in [0.25, 0.3) is 6.08 Å². The lowest BCUT2D eigenvalue weighted by molar-refractivity contribution is -0.131. The van der Waals surface area contributed by atoms with Crippen LogP contribution < -0.4 is 0 Å². The summed E-state index contributed by atoms with van der Waals surface area (Å²) in [6.45, 7) is 7.82. The van der Waals surface area contributed by atoms with Gasteiger partial charge in [0.15, 0.2) is 0 Å². The van der Waals surface area contributed by atoms with E-state index in [-0.39, 0.29) is 5.82 Å². The fourth-order valence-electron chi connectivity index (χ4n) is 1.90. The van der Waals surface area contributed by atoms with Gasteiger partial charge in [0, 0.05) is 18.7 Å². The van der Waals surface area contributed by atoms with Crippen molar-refractivity contribution >= 4 is 12.0 Å². The fourth-order valence-corrected chi connectivity index (χ4v) is 1.90. The molecule has 0 amide bonds. The Morgan fingerprint density at radius 2 is 2.16 bits per heavy atom. The zero-order chi connectivity index (χ0) is 14.4. The summed E-state index contributed by atoms with van der Waals surface area (Å²) in [6, 6.07) is 4.86. The Morgan fingerprint density at radius 3 is 2.68 bits per heavy atom. The molecule has 0 bridgehead atoms. The van der Waals surface area contributed by atoms with Gasteiger partial charge in [-0.05, 0) is 49.7 Å². The molecule has 0 saturated heterocycles. The molecule has 0 heterocycles. The topological polar surface area (TPSA) is 40.5 Å². The number of carbonyl (C=O) groups is 1. The molecule has 104 valence electrons. The van der Waals surface area contributed by atoms with Gasteiger partial charge in [0.1, 0.15) is 5.82 Å². The predicted octanol–water partition coefficient (Wildman–Crippen LogP) is 3.15. The Balaban J connectivity index is 3.02. The molecule has 0 aliphatic rings. The molecule has 0 aromatic heterocycles. The summed E-state index contributed by atoms with van der Waals surface area (Å²) >= 11 is 0. The smallest absolute Gasteiger partial charge is 0.328 e. The van der Waals surface area contributed by atoms with E-state index in [2.05, 4.69) is 25.7 Å². The van der Waals surface area contributed by atoms with Crippen molar-refractivity contribution in [2.75, 3.05) is 6.54 Å². The molecule has 0 spiro atoms. The molecule has 0 atom stereocenters. The Hall–Kier alpha value is -1.68. The van der Waals surface area contributed by atoms with E-state index in [0.717, 1.165) is 18.2 Å². The first kappa shape index (κ1) is 15.4. The second-order valence-electron chi connectivity index (χ2n) is 4.67. The third-order valence-corrected chi connectivity index (χ3v) is 3.02. The van der Waals surface area contributed by atoms with Gasteiger partial charge in [-0.3, -0.25) is 4.90 Å². The molecule has 0 aliphatic heterocycles. The lowest BCUT2D eigenvalue weighted by Gasteiger charge is -2.25. The van der Waals surface area contributed by atoms with Crippen LogP contribution in [0, 0.1) is 5.82 Å². The molecule has 1 aromatic rings. The summed E-state index contributed by atoms with van der Waals surface area (Å²) in [5.41, 5.74) is 1.54. The van der Waals surface area contributed by atoms with Crippen LogP contribution in [-0.2, 0) is 11.3 Å². The van der Waals surface area contributed by atoms with Crippen LogP contribution in [0.2, 0.25) is 0 Å². The summed E-state index contributed by atoms with van der Waals surface area (Å²) in [4.78, 5) is 12.8. The molecule has 1 N–H and O–H groups in total. The van der Waals surface area contributed by atoms with E-state index in [9.17, 15) is 9.18 Å². The average molecular weight is 265 g/mol. The second kappa shape index (κ2) is 7.04. The van der Waals surface area contributed by atoms with Gasteiger partial charge in [-0.15, -0.1) is 0 Å². The van der Waals surface area contributed by atoms with Gasteiger partial charge in [-0.1, -0.05) is 13.0 Å². The van der Waals surface area contributed by atoms with Gasteiger partial charge in [-0.2, -0.15) is 0 Å². The van der Waals surface area contributed by atoms with Crippen LogP contribution in [0.1, 0.15) is 31.9 Å². The van der Waals surface area contributed by atoms with Gasteiger partial charge < -0.3 is 5.11 Å². The van der Waals surface area contributed by atoms with E-state index in [1.165, 1.54) is 18.2 Å². The summed E-state index contributed by atoms with van der Waals surface area (Å²) in [6.07, 6.45) is 2.47. The summed E-state index contributed by atoms with van der Waals surface area (Å²) < 4.78 is 13.3. The second-order valence-corrected chi connectivity index (χ2v) is 4.67. The maximum Gasteiger partial charge on any atom is 0.328 e. The minimum Gasteiger partial charge on any atom is -0.478 e. The first-order valence-corrected chi connectivity index (χ1v) is 6.37. The summed E-state index contributed by atoms with van der Waals surface area (Å²) in [5, 5.41) is 8.66. The Labute approximate surface area is 113 Å². The Morgan fingerprint density at radius 1 is 1.47 bits per heavy atom. The SMILES string of the molecule is CCN(Cc1ccc(F)cc1/C=C/C(=O)O)C(C)C. The first-order valence-electron chi connectivity index (χ1n) is 6.37. The fraction of sp³-hybridized carbons (Fsp3) is 0.400. The number of benzene rings is 1. The van der Waals surface area contributed by atoms with Gasteiger partial charge in [0.05, 0.1) is 0 Å². The maximum absolute atomic E-state index is 13.3. The quantitative estimate of drug-likeness (QED) is 0.803. The van der Waals surface area contributed by atoms with Crippen molar-refractivity contribution in [1.29, 1.82) is 0 Å². The molecule has 1 rings (SSSR count). The van der Waals surface area contributed by atoms with Crippen LogP contribution >= 0.6 is 0 Å². The van der Waals surface area contributed by atoms with Crippen molar-refractivity contribution in [3.8, 4) is 0 Å². The molecule has 0 aliphatic carbocycles. The molecule has 1 aromatic carbocycles. The molecular formula is C15H20FNO2. The van der Waals surface area contributed by atoms with Crippen molar-refractivity contribution in [1.82, 2.24) is 4.90 Å². The number of rotatable bonds is 6. The highest BCUT2D eigenvalue weighted by Crippen LogP contribution is 2.17. The van der Waals surface area contributed by atoms with Crippen molar-refractivity contribution in [2.45, 2.75) is 33.4 Å². The van der Waals surface area contributed by atoms with E-state index in [4.69, 9.17) is 5.11 Å². The first-order chi connectivity index (χ1) is 8.93. The summed E-state index contributed by atoms with van der Waals surface area (Å²) in [5.74, 6) is -1.40. The molecular weight excluding hydrogens is 245 g/mol. The number of carboxylic acid groups (broad SMARTS) is 1. The molecule has 0 radical (unpaired) electrons. The van der Waals surface area contributed by atoms with E-state index in [1.54, 1.807) is 6.07 Å². The average Bonchev–Trinajstić information content (AvgIpc) is 2.34. The number of aliphatic carboxylic acids is 1. The van der Waals surface area contributed by atoms with Crippen molar-refractivity contribution in [2.24, 2.45) is 0 Å². The van der Waals surface area contributed by atoms with Crippen molar-refractivity contribution in [3.05, 3.63) is 41.2 Å². The van der Waals surface area contributed by atoms with Gasteiger partial charge >= 0.3 is 5.97 Å². The molecule has 19 heavy (non-hydrogen) atoms. The molecule has 3 nitrogen and oxygen atoms in total. The zero-order valence-corrected chi connectivity index (χ0v) is 11.6. The predicted molar refractivity (Wildman–Crippen MR) is 74.3 cm³/mol. The van der Waals surface area contributed by atoms with Gasteiger partial charge in [0.25, 0.3) is 0 Å². The van der Waals surface area contributed by atoms with Crippen LogP contribution in [0.15, 0.2) is 24.3 Å². The highest BCUT2D eigenvalue weighted by molar-refractivity contribution is 5.85. The third kappa shape index (κ3) is 4.83. The van der Waals surface area contributed by atoms with Gasteiger partial charge in [-0.25, -0.2) is 9.18 Å². The molecule has 0 saturated carbocycles. The minimum absolute atomic E-state index is 0.360. The highest BCUT2D eigenvalue weighted by Gasteiger charge is 2.10. The van der Waals surface area contributed by atoms with Crippen LogP contribution in [0.3, 0.4) is 0 Å². The number of hydrogen-bond donors (Lipinski definition) is 1. The highest BCUT2D eigenvalue weighted by atomic mass is 19.1. The van der Waals surface area contributed by atoms with Crippen molar-refractivity contribution in [3.63, 3.8) is 0 Å². The summed E-state index contributed by atoms with van der Waals surface area (Å²) in [7, 11) is 0. The van der Waals surface area contributed by atoms with Crippen LogP contribution in [0.5, 0.6) is 0 Å². The lowest BCUT2D eigenvalue weighted by Crippen LogP contribution is -2.30. The zero-order valence-electron chi connectivity index (χ0n) is 11.6. The molecule has 4 heteroatoms. The largest absolute Gasteiger partial charge is 0.478 e. The minimum atomic E-state index is -1.04. The maximum atomic E-state index is 13.3. The standard InChI is InChI=1S/C15H20FNO2/c1-4-17(11(2)3)10-13-5-7-14(16)9-12(13)6-8-15(18)19/h5-9,11H,4,10H2,1-3H3,(H,18,19)/b8-6+.